The van der Waals surface area contributed by atoms with Crippen molar-refractivity contribution in [3.63, 3.8) is 0 Å². The third kappa shape index (κ3) is 9.16. The van der Waals surface area contributed by atoms with Crippen LogP contribution >= 0.6 is 0 Å². The van der Waals surface area contributed by atoms with Crippen LogP contribution in [-0.2, 0) is 0 Å². The summed E-state index contributed by atoms with van der Waals surface area (Å²) in [7, 11) is 0. The molecular formula is C96H60N6. The maximum absolute atomic E-state index is 13.6. The van der Waals surface area contributed by atoms with Gasteiger partial charge in [-0.1, -0.05) is 279 Å². The molecule has 5 heterocycles. The second-order valence-electron chi connectivity index (χ2n) is 26.4. The van der Waals surface area contributed by atoms with Crippen LogP contribution in [0.2, 0.25) is 0 Å². The SMILES string of the molecule is N#Cc1c(-n2c3ccccc3c3cc(-c4ccccc4)ccc32)c(-c2ccc(-c3ccccc3)nc2-c2ccccc2)c(-n2c3ccccc3c3cc(-c4ccccc4)ccc32)c(-n2c3ccccc3c3cc(-c4ccccc4)ccc32)c1-n1c2ccccc2c2cc(-c3ccccc3)ccc21. The van der Waals surface area contributed by atoms with Gasteiger partial charge in [0, 0.05) is 65.3 Å². The number of nitriles is 1. The van der Waals surface area contributed by atoms with Gasteiger partial charge in [-0.25, -0.2) is 4.98 Å². The highest BCUT2D eigenvalue weighted by Gasteiger charge is 2.36. The number of pyridine rings is 1. The molecule has 0 aliphatic carbocycles. The Morgan fingerprint density at radius 2 is 0.500 bits per heavy atom. The van der Waals surface area contributed by atoms with Gasteiger partial charge in [0.05, 0.1) is 78.3 Å². The molecule has 20 aromatic rings. The van der Waals surface area contributed by atoms with Crippen molar-refractivity contribution in [1.29, 1.82) is 5.26 Å². The molecule has 0 amide bonds. The van der Waals surface area contributed by atoms with Crippen molar-refractivity contribution in [2.75, 3.05) is 0 Å². The number of para-hydroxylation sites is 4. The van der Waals surface area contributed by atoms with Gasteiger partial charge in [0.25, 0.3) is 0 Å². The molecule has 6 nitrogen and oxygen atoms in total. The van der Waals surface area contributed by atoms with Gasteiger partial charge in [-0.2, -0.15) is 5.26 Å². The smallest absolute Gasteiger partial charge is 0.104 e. The van der Waals surface area contributed by atoms with Crippen molar-refractivity contribution in [1.82, 2.24) is 23.3 Å². The van der Waals surface area contributed by atoms with Gasteiger partial charge >= 0.3 is 0 Å². The van der Waals surface area contributed by atoms with Gasteiger partial charge in [-0.05, 0) is 129 Å². The van der Waals surface area contributed by atoms with Crippen LogP contribution in [0, 0.1) is 11.3 Å². The maximum atomic E-state index is 13.6. The predicted molar refractivity (Wildman–Crippen MR) is 424 cm³/mol. The average Bonchev–Trinajstić information content (AvgIpc) is 1.56. The zero-order chi connectivity index (χ0) is 67.4. The first-order valence-electron chi connectivity index (χ1n) is 34.7. The summed E-state index contributed by atoms with van der Waals surface area (Å²) in [4.78, 5) is 5.93. The molecule has 0 fully saturated rings. The summed E-state index contributed by atoms with van der Waals surface area (Å²) < 4.78 is 9.90. The molecule has 0 aliphatic rings. The summed E-state index contributed by atoms with van der Waals surface area (Å²) in [6, 6.07) is 134. The third-order valence-electron chi connectivity index (χ3n) is 20.8. The van der Waals surface area contributed by atoms with Crippen molar-refractivity contribution in [2.24, 2.45) is 0 Å². The molecule has 15 aromatic carbocycles. The molecular weight excluding hydrogens is 1240 g/mol. The van der Waals surface area contributed by atoms with E-state index in [0.29, 0.717) is 16.9 Å². The standard InChI is InChI=1S/C96H60N6/c97-61-81-93(99-83-43-23-19-39-72(83)77-57-68(47-53-87(77)99)62-27-7-1-8-28-62)91(76-51-52-82(66-35-15-5-16-36-66)98-92(76)67-37-17-6-18-38-67)95(101-85-45-25-21-41-74(85)79-59-70(49-55-89(79)101)64-31-11-3-12-32-64)96(102-86-46-26-22-42-75(86)80-60-71(50-56-90(80)102)65-33-13-4-14-34-65)94(81)100-84-44-24-20-40-73(84)78-58-69(48-54-88(78)100)63-29-9-2-10-30-63/h1-60H. The fourth-order valence-electron chi connectivity index (χ4n) is 16.3. The number of aromatic nitrogens is 5. The first kappa shape index (κ1) is 58.3. The number of hydrogen-bond donors (Lipinski definition) is 0. The van der Waals surface area contributed by atoms with Crippen LogP contribution in [0.25, 0.3) is 188 Å². The maximum Gasteiger partial charge on any atom is 0.104 e. The molecule has 474 valence electrons. The number of fused-ring (bicyclic) bond motifs is 12. The van der Waals surface area contributed by atoms with E-state index in [2.05, 4.69) is 388 Å². The van der Waals surface area contributed by atoms with E-state index in [1.165, 1.54) is 0 Å². The zero-order valence-electron chi connectivity index (χ0n) is 55.3. The lowest BCUT2D eigenvalue weighted by molar-refractivity contribution is 1.03. The Kier molecular flexibility index (Phi) is 13.6. The first-order chi connectivity index (χ1) is 50.6. The third-order valence-corrected chi connectivity index (χ3v) is 20.8. The minimum Gasteiger partial charge on any atom is -0.307 e. The van der Waals surface area contributed by atoms with Crippen LogP contribution < -0.4 is 0 Å². The van der Waals surface area contributed by atoms with Crippen LogP contribution in [0.4, 0.5) is 0 Å². The fraction of sp³-hybridized carbons (Fsp3) is 0. The zero-order valence-corrected chi connectivity index (χ0v) is 55.3. The molecule has 0 saturated heterocycles. The van der Waals surface area contributed by atoms with E-state index < -0.39 is 0 Å². The molecule has 0 radical (unpaired) electrons. The summed E-state index contributed by atoms with van der Waals surface area (Å²) in [6.45, 7) is 0. The normalized spacial score (nSPS) is 11.7. The lowest BCUT2D eigenvalue weighted by Gasteiger charge is -2.30. The lowest BCUT2D eigenvalue weighted by atomic mass is 9.90. The molecule has 0 unspecified atom stereocenters. The van der Waals surface area contributed by atoms with Gasteiger partial charge in [-0.15, -0.1) is 0 Å². The molecule has 102 heavy (non-hydrogen) atoms. The number of nitrogens with zero attached hydrogens (tertiary/aromatic N) is 6. The topological polar surface area (TPSA) is 56.4 Å². The Hall–Kier alpha value is -13.9. The monoisotopic (exact) mass is 1300 g/mol. The highest BCUT2D eigenvalue weighted by molar-refractivity contribution is 6.19. The van der Waals surface area contributed by atoms with E-state index in [4.69, 9.17) is 4.98 Å². The fourth-order valence-corrected chi connectivity index (χ4v) is 16.3. The Bertz CT molecular complexity index is 6780. The minimum absolute atomic E-state index is 0.471. The van der Waals surface area contributed by atoms with Crippen LogP contribution in [0.1, 0.15) is 5.56 Å². The van der Waals surface area contributed by atoms with Gasteiger partial charge in [0.15, 0.2) is 0 Å². The molecule has 0 aliphatic heterocycles. The van der Waals surface area contributed by atoms with E-state index >= 15 is 0 Å². The van der Waals surface area contributed by atoms with E-state index in [1.54, 1.807) is 0 Å². The van der Waals surface area contributed by atoms with Crippen LogP contribution in [0.5, 0.6) is 0 Å². The molecule has 20 rings (SSSR count). The quantitative estimate of drug-likeness (QED) is 0.130. The second kappa shape index (κ2) is 23.7. The summed E-state index contributed by atoms with van der Waals surface area (Å²) in [5.41, 5.74) is 25.4. The summed E-state index contributed by atoms with van der Waals surface area (Å²) in [6.07, 6.45) is 0. The van der Waals surface area contributed by atoms with Crippen LogP contribution in [-0.4, -0.2) is 23.3 Å². The molecule has 0 atom stereocenters. The summed E-state index contributed by atoms with van der Waals surface area (Å²) in [5, 5.41) is 22.2. The van der Waals surface area contributed by atoms with E-state index in [9.17, 15) is 5.26 Å². The van der Waals surface area contributed by atoms with Crippen molar-refractivity contribution in [3.8, 4) is 107 Å². The lowest BCUT2D eigenvalue weighted by Crippen LogP contribution is -2.17. The van der Waals surface area contributed by atoms with Crippen molar-refractivity contribution in [2.45, 2.75) is 0 Å². The van der Waals surface area contributed by atoms with Crippen LogP contribution in [0.15, 0.2) is 364 Å². The molecule has 0 bridgehead atoms. The Morgan fingerprint density at radius 3 is 0.853 bits per heavy atom. The summed E-state index contributed by atoms with van der Waals surface area (Å²) in [5.74, 6) is 0. The largest absolute Gasteiger partial charge is 0.307 e. The number of rotatable bonds is 11. The van der Waals surface area contributed by atoms with Crippen LogP contribution in [0.3, 0.4) is 0 Å². The summed E-state index contributed by atoms with van der Waals surface area (Å²) >= 11 is 0. The molecule has 0 N–H and O–H groups in total. The highest BCUT2D eigenvalue weighted by Crippen LogP contribution is 2.54. The average molecular weight is 1300 g/mol. The van der Waals surface area contributed by atoms with Crippen molar-refractivity contribution >= 4 is 87.2 Å². The van der Waals surface area contributed by atoms with Gasteiger partial charge in [-0.3, -0.25) is 0 Å². The first-order valence-corrected chi connectivity index (χ1v) is 34.7. The van der Waals surface area contributed by atoms with E-state index in [0.717, 1.165) is 177 Å². The Labute approximate surface area is 588 Å². The van der Waals surface area contributed by atoms with E-state index in [-0.39, 0.29) is 0 Å². The van der Waals surface area contributed by atoms with Gasteiger partial charge in [0.1, 0.15) is 11.6 Å². The number of benzene rings is 15. The van der Waals surface area contributed by atoms with Crippen molar-refractivity contribution in [3.05, 3.63) is 370 Å². The number of hydrogen-bond acceptors (Lipinski definition) is 2. The Morgan fingerprint density at radius 1 is 0.216 bits per heavy atom. The predicted octanol–water partition coefficient (Wildman–Crippen LogP) is 25.0. The minimum atomic E-state index is 0.471. The van der Waals surface area contributed by atoms with E-state index in [1.807, 2.05) is 0 Å². The molecule has 5 aromatic heterocycles. The Balaban J connectivity index is 1.08. The molecule has 0 saturated carbocycles. The van der Waals surface area contributed by atoms with Gasteiger partial charge < -0.3 is 18.3 Å². The van der Waals surface area contributed by atoms with Crippen molar-refractivity contribution < 1.29 is 0 Å². The molecule has 0 spiro atoms. The van der Waals surface area contributed by atoms with Gasteiger partial charge in [0.2, 0.25) is 0 Å². The molecule has 6 heteroatoms. The highest BCUT2D eigenvalue weighted by atomic mass is 15.1. The second-order valence-corrected chi connectivity index (χ2v) is 26.4.